The molecule has 8 heteroatoms. The Bertz CT molecular complexity index is 1200. The average molecular weight is 492 g/mol. The molecule has 3 aromatic rings. The fourth-order valence-corrected chi connectivity index (χ4v) is 4.62. The largest absolute Gasteiger partial charge is 0.355 e. The van der Waals surface area contributed by atoms with Crippen molar-refractivity contribution in [3.8, 4) is 0 Å². The maximum absolute atomic E-state index is 12.4. The molecule has 0 N–H and O–H groups in total. The predicted octanol–water partition coefficient (Wildman–Crippen LogP) is 3.42. The number of rotatable bonds is 5. The van der Waals surface area contributed by atoms with Crippen molar-refractivity contribution >= 4 is 11.9 Å². The van der Waals surface area contributed by atoms with Crippen molar-refractivity contribution in [2.75, 3.05) is 33.1 Å². The summed E-state index contributed by atoms with van der Waals surface area (Å²) in [5.41, 5.74) is 1.38. The normalized spacial score (nSPS) is 13.6. The monoisotopic (exact) mass is 491 g/mol. The second kappa shape index (κ2) is 12.3. The number of carbonyl (C=O) groups is 1. The Morgan fingerprint density at radius 2 is 1.36 bits per heavy atom. The minimum atomic E-state index is -0.423. The van der Waals surface area contributed by atoms with Crippen LogP contribution in [-0.4, -0.2) is 53.1 Å². The summed E-state index contributed by atoms with van der Waals surface area (Å²) in [5, 5.41) is 0. The summed E-state index contributed by atoms with van der Waals surface area (Å²) in [6.45, 7) is 0. The lowest BCUT2D eigenvalue weighted by molar-refractivity contribution is -0.129. The van der Waals surface area contributed by atoms with E-state index in [1.807, 2.05) is 60.7 Å². The van der Waals surface area contributed by atoms with Crippen LogP contribution in [0.4, 0.5) is 5.95 Å². The zero-order chi connectivity index (χ0) is 26.2. The molecule has 4 rings (SSSR count). The highest BCUT2D eigenvalue weighted by Crippen LogP contribution is 2.26. The van der Waals surface area contributed by atoms with Gasteiger partial charge >= 0.3 is 11.4 Å². The highest BCUT2D eigenvalue weighted by Gasteiger charge is 2.24. The molecular formula is C28H37N5O3. The summed E-state index contributed by atoms with van der Waals surface area (Å²) in [7, 11) is 8.78. The van der Waals surface area contributed by atoms with Gasteiger partial charge in [0.1, 0.15) is 0 Å². The standard InChI is InChI=1S/C16H17NO.C12H20N4O2/c1-17(2)16(18)15(13-9-5-3-6-10-13)14-11-7-4-8-12-14;1-14(2)10-13-11(17)16(12(18)15(10)3)9-7-5-4-6-8-9/h3-12,15H,1-2H3;9H,4-8H2,1-3H3. The zero-order valence-corrected chi connectivity index (χ0v) is 21.9. The van der Waals surface area contributed by atoms with Crippen molar-refractivity contribution in [3.05, 3.63) is 92.8 Å². The first-order valence-electron chi connectivity index (χ1n) is 12.4. The number of likely N-dealkylation sites (N-methyl/N-ethyl adjacent to an activating group) is 1. The number of carbonyl (C=O) groups excluding carboxylic acids is 1. The second-order valence-corrected chi connectivity index (χ2v) is 9.58. The average Bonchev–Trinajstić information content (AvgIpc) is 2.88. The predicted molar refractivity (Wildman–Crippen MR) is 144 cm³/mol. The van der Waals surface area contributed by atoms with Crippen LogP contribution in [0.3, 0.4) is 0 Å². The van der Waals surface area contributed by atoms with E-state index >= 15 is 0 Å². The number of hydrogen-bond donors (Lipinski definition) is 0. The molecule has 192 valence electrons. The molecule has 36 heavy (non-hydrogen) atoms. The molecule has 2 aromatic carbocycles. The van der Waals surface area contributed by atoms with Crippen molar-refractivity contribution in [2.24, 2.45) is 7.05 Å². The van der Waals surface area contributed by atoms with Crippen LogP contribution < -0.4 is 16.3 Å². The summed E-state index contributed by atoms with van der Waals surface area (Å²) < 4.78 is 2.77. The quantitative estimate of drug-likeness (QED) is 0.546. The lowest BCUT2D eigenvalue weighted by atomic mass is 9.90. The fraction of sp³-hybridized carbons (Fsp3) is 0.429. The van der Waals surface area contributed by atoms with E-state index in [2.05, 4.69) is 4.98 Å². The Labute approximate surface area is 212 Å². The summed E-state index contributed by atoms with van der Waals surface area (Å²) in [6.07, 6.45) is 5.15. The van der Waals surface area contributed by atoms with Crippen LogP contribution in [0, 0.1) is 0 Å². The van der Waals surface area contributed by atoms with Crippen LogP contribution in [0.5, 0.6) is 0 Å². The molecule has 0 unspecified atom stereocenters. The van der Waals surface area contributed by atoms with Gasteiger partial charge in [-0.05, 0) is 24.0 Å². The number of amides is 1. The van der Waals surface area contributed by atoms with Gasteiger partial charge in [0, 0.05) is 41.3 Å². The van der Waals surface area contributed by atoms with E-state index in [0.717, 1.165) is 36.8 Å². The maximum atomic E-state index is 12.4. The van der Waals surface area contributed by atoms with Gasteiger partial charge in [-0.1, -0.05) is 79.9 Å². The number of benzene rings is 2. The first-order chi connectivity index (χ1) is 17.2. The van der Waals surface area contributed by atoms with Crippen molar-refractivity contribution in [2.45, 2.75) is 44.1 Å². The smallest absolute Gasteiger partial charge is 0.348 e. The molecule has 1 aliphatic rings. The van der Waals surface area contributed by atoms with Crippen molar-refractivity contribution in [1.29, 1.82) is 0 Å². The highest BCUT2D eigenvalue weighted by molar-refractivity contribution is 5.86. The Hall–Kier alpha value is -3.68. The second-order valence-electron chi connectivity index (χ2n) is 9.58. The summed E-state index contributed by atoms with van der Waals surface area (Å²) in [6, 6.07) is 19.8. The van der Waals surface area contributed by atoms with Gasteiger partial charge in [-0.3, -0.25) is 9.36 Å². The first kappa shape index (κ1) is 26.9. The summed E-state index contributed by atoms with van der Waals surface area (Å²) >= 11 is 0. The molecule has 1 aromatic heterocycles. The third-order valence-corrected chi connectivity index (χ3v) is 6.49. The van der Waals surface area contributed by atoms with Crippen LogP contribution in [0.1, 0.15) is 55.2 Å². The van der Waals surface area contributed by atoms with Gasteiger partial charge in [0.2, 0.25) is 11.9 Å². The molecule has 0 atom stereocenters. The molecule has 1 saturated carbocycles. The molecule has 0 radical (unpaired) electrons. The number of nitrogens with zero attached hydrogens (tertiary/aromatic N) is 5. The maximum Gasteiger partial charge on any atom is 0.355 e. The minimum absolute atomic E-state index is 0.0219. The van der Waals surface area contributed by atoms with Crippen molar-refractivity contribution in [1.82, 2.24) is 19.0 Å². The summed E-state index contributed by atoms with van der Waals surface area (Å²) in [4.78, 5) is 44.0. The van der Waals surface area contributed by atoms with Gasteiger partial charge in [-0.25, -0.2) is 14.2 Å². The van der Waals surface area contributed by atoms with Gasteiger partial charge in [-0.2, -0.15) is 4.98 Å². The van der Waals surface area contributed by atoms with Gasteiger partial charge < -0.3 is 9.80 Å². The van der Waals surface area contributed by atoms with Crippen LogP contribution >= 0.6 is 0 Å². The highest BCUT2D eigenvalue weighted by atomic mass is 16.2. The van der Waals surface area contributed by atoms with E-state index in [4.69, 9.17) is 0 Å². The van der Waals surface area contributed by atoms with Crippen LogP contribution in [0.25, 0.3) is 0 Å². The zero-order valence-electron chi connectivity index (χ0n) is 21.9. The Kier molecular flexibility index (Phi) is 9.22. The Balaban J connectivity index is 0.000000201. The third kappa shape index (κ3) is 6.30. The van der Waals surface area contributed by atoms with Crippen LogP contribution in [0.15, 0.2) is 70.3 Å². The third-order valence-electron chi connectivity index (χ3n) is 6.49. The van der Waals surface area contributed by atoms with E-state index in [9.17, 15) is 14.4 Å². The van der Waals surface area contributed by atoms with Crippen molar-refractivity contribution < 1.29 is 4.79 Å². The molecule has 1 amide bonds. The number of hydrogen-bond acceptors (Lipinski definition) is 5. The lowest BCUT2D eigenvalue weighted by Gasteiger charge is -2.24. The van der Waals surface area contributed by atoms with E-state index in [-0.39, 0.29) is 23.6 Å². The SMILES string of the molecule is CN(C)C(=O)C(c1ccccc1)c1ccccc1.CN(C)c1nc(=O)n(C2CCCCC2)c(=O)n1C. The van der Waals surface area contributed by atoms with Crippen LogP contribution in [0.2, 0.25) is 0 Å². The van der Waals surface area contributed by atoms with Gasteiger partial charge in [-0.15, -0.1) is 0 Å². The van der Waals surface area contributed by atoms with E-state index in [0.29, 0.717) is 5.95 Å². The molecule has 8 nitrogen and oxygen atoms in total. The molecule has 0 saturated heterocycles. The molecule has 0 bridgehead atoms. The van der Waals surface area contributed by atoms with E-state index in [1.54, 1.807) is 45.0 Å². The minimum Gasteiger partial charge on any atom is -0.348 e. The topological polar surface area (TPSA) is 80.4 Å². The van der Waals surface area contributed by atoms with Gasteiger partial charge in [0.15, 0.2) is 0 Å². The Morgan fingerprint density at radius 3 is 1.81 bits per heavy atom. The molecule has 1 aliphatic carbocycles. The number of aromatic nitrogens is 3. The summed E-state index contributed by atoms with van der Waals surface area (Å²) in [5.74, 6) is 0.284. The molecule has 1 heterocycles. The van der Waals surface area contributed by atoms with Gasteiger partial charge in [0.05, 0.1) is 5.92 Å². The van der Waals surface area contributed by atoms with Crippen LogP contribution in [-0.2, 0) is 11.8 Å². The number of anilines is 1. The molecule has 0 aliphatic heterocycles. The lowest BCUT2D eigenvalue weighted by Crippen LogP contribution is -2.45. The van der Waals surface area contributed by atoms with E-state index < -0.39 is 5.69 Å². The molecule has 1 fully saturated rings. The fourth-order valence-electron chi connectivity index (χ4n) is 4.62. The van der Waals surface area contributed by atoms with Gasteiger partial charge in [0.25, 0.3) is 0 Å². The first-order valence-corrected chi connectivity index (χ1v) is 12.4. The van der Waals surface area contributed by atoms with E-state index in [1.165, 1.54) is 15.6 Å². The van der Waals surface area contributed by atoms with Crippen molar-refractivity contribution in [3.63, 3.8) is 0 Å². The molecular weight excluding hydrogens is 454 g/mol. The molecule has 0 spiro atoms. The Morgan fingerprint density at radius 1 is 0.861 bits per heavy atom.